The second-order valence-corrected chi connectivity index (χ2v) is 11.2. The monoisotopic (exact) mass is 553 g/mol. The number of halogens is 7. The van der Waals surface area contributed by atoms with Crippen molar-refractivity contribution < 1.29 is 34.8 Å². The van der Waals surface area contributed by atoms with Gasteiger partial charge in [0.05, 0.1) is 16.0 Å². The molecule has 0 aliphatic heterocycles. The van der Waals surface area contributed by atoms with Crippen molar-refractivity contribution in [2.45, 2.75) is 51.0 Å². The van der Waals surface area contributed by atoms with Gasteiger partial charge in [-0.15, -0.1) is 0 Å². The lowest BCUT2D eigenvalue weighted by molar-refractivity contribution is -0.143. The minimum Gasteiger partial charge on any atom is -0.367 e. The van der Waals surface area contributed by atoms with Gasteiger partial charge in [0.2, 0.25) is 9.84 Å². The van der Waals surface area contributed by atoms with E-state index in [-0.39, 0.29) is 16.0 Å². The van der Waals surface area contributed by atoms with Crippen LogP contribution in [0.2, 0.25) is 5.02 Å². The number of nitriles is 1. The van der Waals surface area contributed by atoms with E-state index < -0.39 is 61.2 Å². The Labute approximate surface area is 209 Å². The van der Waals surface area contributed by atoms with Gasteiger partial charge in [-0.25, -0.2) is 8.42 Å². The highest BCUT2D eigenvalue weighted by Crippen LogP contribution is 2.38. The first-order valence-electron chi connectivity index (χ1n) is 10.2. The van der Waals surface area contributed by atoms with Crippen LogP contribution in [0, 0.1) is 16.7 Å². The molecule has 36 heavy (non-hydrogen) atoms. The van der Waals surface area contributed by atoms with Crippen molar-refractivity contribution in [3.8, 4) is 6.07 Å². The van der Waals surface area contributed by atoms with Gasteiger partial charge >= 0.3 is 12.4 Å². The largest absolute Gasteiger partial charge is 0.416 e. The Morgan fingerprint density at radius 1 is 0.944 bits per heavy atom. The number of sulfone groups is 1. The molecule has 0 spiro atoms. The molecule has 0 saturated carbocycles. The Bertz CT molecular complexity index is 1260. The zero-order valence-corrected chi connectivity index (χ0v) is 21.0. The van der Waals surface area contributed by atoms with Crippen molar-refractivity contribution in [3.63, 3.8) is 0 Å². The minimum atomic E-state index is -5.12. The van der Waals surface area contributed by atoms with Gasteiger partial charge in [-0.05, 0) is 54.8 Å². The van der Waals surface area contributed by atoms with Crippen LogP contribution in [0.3, 0.4) is 0 Å². The normalized spacial score (nSPS) is 14.5. The lowest BCUT2D eigenvalue weighted by Gasteiger charge is -2.31. The molecule has 0 fully saturated rings. The summed E-state index contributed by atoms with van der Waals surface area (Å²) in [6.07, 6.45) is -10.2. The van der Waals surface area contributed by atoms with E-state index in [0.29, 0.717) is 12.1 Å². The molecule has 1 unspecified atom stereocenters. The first kappa shape index (κ1) is 29.3. The average Bonchev–Trinajstić information content (AvgIpc) is 2.72. The van der Waals surface area contributed by atoms with Gasteiger partial charge < -0.3 is 10.6 Å². The maximum Gasteiger partial charge on any atom is 0.416 e. The summed E-state index contributed by atoms with van der Waals surface area (Å²) >= 11 is 5.79. The Kier molecular flexibility index (Phi) is 8.32. The van der Waals surface area contributed by atoms with Crippen LogP contribution in [0.1, 0.15) is 38.8 Å². The highest BCUT2D eigenvalue weighted by Gasteiger charge is 2.37. The standard InChI is InChI=1S/C23H22ClF6N3O2S/c1-13(21(2,3)4)32-20(19(12-31)36(34,35)18-7-5-16(24)6-8-18)33-17-10-14(22(25,26)27)9-15(11-17)23(28,29)30/h5-11,13,32-33H,1-4H3/b20-19-. The summed E-state index contributed by atoms with van der Waals surface area (Å²) in [5.41, 5.74) is -4.49. The van der Waals surface area contributed by atoms with E-state index in [1.165, 1.54) is 18.2 Å². The molecule has 5 nitrogen and oxygen atoms in total. The number of rotatable bonds is 6. The van der Waals surface area contributed by atoms with E-state index in [2.05, 4.69) is 10.6 Å². The summed E-state index contributed by atoms with van der Waals surface area (Å²) in [6.45, 7) is 6.88. The number of nitrogens with zero attached hydrogens (tertiary/aromatic N) is 1. The van der Waals surface area contributed by atoms with Crippen molar-refractivity contribution in [3.05, 3.63) is 69.3 Å². The van der Waals surface area contributed by atoms with Crippen LogP contribution in [0.15, 0.2) is 58.1 Å². The molecule has 0 heterocycles. The molecule has 0 aliphatic carbocycles. The van der Waals surface area contributed by atoms with Crippen LogP contribution >= 0.6 is 11.6 Å². The molecule has 2 N–H and O–H groups in total. The van der Waals surface area contributed by atoms with Crippen LogP contribution in [0.25, 0.3) is 0 Å². The van der Waals surface area contributed by atoms with Gasteiger partial charge in [-0.1, -0.05) is 32.4 Å². The van der Waals surface area contributed by atoms with Gasteiger partial charge in [0.15, 0.2) is 4.91 Å². The molecule has 0 saturated heterocycles. The molecule has 2 aromatic carbocycles. The smallest absolute Gasteiger partial charge is 0.367 e. The summed E-state index contributed by atoms with van der Waals surface area (Å²) in [5.74, 6) is -0.581. The molecule has 13 heteroatoms. The molecular weight excluding hydrogens is 532 g/mol. The zero-order chi connectivity index (χ0) is 27.7. The third-order valence-electron chi connectivity index (χ3n) is 5.24. The van der Waals surface area contributed by atoms with Crippen LogP contribution in [-0.2, 0) is 22.2 Å². The number of hydrogen-bond acceptors (Lipinski definition) is 5. The summed E-state index contributed by atoms with van der Waals surface area (Å²) in [4.78, 5) is -1.29. The fraction of sp³-hybridized carbons (Fsp3) is 0.348. The molecule has 196 valence electrons. The number of nitrogens with one attached hydrogen (secondary N) is 2. The van der Waals surface area contributed by atoms with Crippen molar-refractivity contribution >= 4 is 27.1 Å². The quantitative estimate of drug-likeness (QED) is 0.298. The summed E-state index contributed by atoms with van der Waals surface area (Å²) in [7, 11) is -4.56. The minimum absolute atomic E-state index is 0.0601. The second kappa shape index (κ2) is 10.2. The van der Waals surface area contributed by atoms with Gasteiger partial charge in [-0.3, -0.25) is 0 Å². The van der Waals surface area contributed by atoms with Crippen molar-refractivity contribution in [1.29, 1.82) is 5.26 Å². The number of alkyl halides is 6. The first-order valence-corrected chi connectivity index (χ1v) is 12.1. The highest BCUT2D eigenvalue weighted by atomic mass is 35.5. The van der Waals surface area contributed by atoms with E-state index in [0.717, 1.165) is 12.1 Å². The number of hydrogen-bond donors (Lipinski definition) is 2. The Hall–Kier alpha value is -2.91. The summed E-state index contributed by atoms with van der Waals surface area (Å²) in [6, 6.07) is 6.39. The van der Waals surface area contributed by atoms with Crippen LogP contribution < -0.4 is 10.6 Å². The van der Waals surface area contributed by atoms with Crippen LogP contribution in [0.4, 0.5) is 32.0 Å². The second-order valence-electron chi connectivity index (χ2n) is 8.92. The highest BCUT2D eigenvalue weighted by molar-refractivity contribution is 7.95. The summed E-state index contributed by atoms with van der Waals surface area (Å²) < 4.78 is 106. The van der Waals surface area contributed by atoms with Crippen molar-refractivity contribution in [2.24, 2.45) is 5.41 Å². The molecule has 0 amide bonds. The molecule has 0 bridgehead atoms. The SMILES string of the molecule is CC(N/C(Nc1cc(C(F)(F)F)cc(C(F)(F)F)c1)=C(\C#N)S(=O)(=O)c1ccc(Cl)cc1)C(C)(C)C. The predicted octanol–water partition coefficient (Wildman–Crippen LogP) is 6.98. The molecule has 2 aromatic rings. The number of anilines is 1. The molecular formula is C23H22ClF6N3O2S. The maximum absolute atomic E-state index is 13.3. The van der Waals surface area contributed by atoms with Crippen molar-refractivity contribution in [2.75, 3.05) is 5.32 Å². The molecule has 0 aromatic heterocycles. The van der Waals surface area contributed by atoms with E-state index in [1.54, 1.807) is 27.7 Å². The Morgan fingerprint density at radius 2 is 1.42 bits per heavy atom. The van der Waals surface area contributed by atoms with E-state index >= 15 is 0 Å². The third kappa shape index (κ3) is 7.07. The van der Waals surface area contributed by atoms with E-state index in [4.69, 9.17) is 11.6 Å². The third-order valence-corrected chi connectivity index (χ3v) is 7.22. The number of allylic oxidation sites excluding steroid dienone is 1. The number of benzene rings is 2. The van der Waals surface area contributed by atoms with E-state index in [1.807, 2.05) is 0 Å². The van der Waals surface area contributed by atoms with E-state index in [9.17, 15) is 40.0 Å². The molecule has 1 atom stereocenters. The Balaban J connectivity index is 2.78. The maximum atomic E-state index is 13.3. The van der Waals surface area contributed by atoms with Crippen molar-refractivity contribution in [1.82, 2.24) is 5.32 Å². The summed E-state index contributed by atoms with van der Waals surface area (Å²) in [5, 5.41) is 15.0. The Morgan fingerprint density at radius 3 is 1.81 bits per heavy atom. The lowest BCUT2D eigenvalue weighted by atomic mass is 9.88. The zero-order valence-electron chi connectivity index (χ0n) is 19.4. The van der Waals surface area contributed by atoms with Gasteiger partial charge in [0.25, 0.3) is 0 Å². The predicted molar refractivity (Wildman–Crippen MR) is 123 cm³/mol. The fourth-order valence-corrected chi connectivity index (χ4v) is 4.10. The van der Waals surface area contributed by atoms with Gasteiger partial charge in [-0.2, -0.15) is 31.6 Å². The van der Waals surface area contributed by atoms with Crippen LogP contribution in [0.5, 0.6) is 0 Å². The van der Waals surface area contributed by atoms with Crippen LogP contribution in [-0.4, -0.2) is 14.5 Å². The molecule has 0 radical (unpaired) electrons. The van der Waals surface area contributed by atoms with Gasteiger partial charge in [0, 0.05) is 16.8 Å². The topological polar surface area (TPSA) is 82.0 Å². The lowest BCUT2D eigenvalue weighted by Crippen LogP contribution is -2.40. The first-order chi connectivity index (χ1) is 16.3. The fourth-order valence-electron chi connectivity index (χ4n) is 2.74. The molecule has 0 aliphatic rings. The van der Waals surface area contributed by atoms with Gasteiger partial charge in [0.1, 0.15) is 11.9 Å². The average molecular weight is 554 g/mol. The molecule has 2 rings (SSSR count).